The third kappa shape index (κ3) is 3.99. The summed E-state index contributed by atoms with van der Waals surface area (Å²) in [6.45, 7) is 3.37. The van der Waals surface area contributed by atoms with Gasteiger partial charge in [-0.15, -0.1) is 0 Å². The molecule has 0 radical (unpaired) electrons. The molecule has 0 amide bonds. The van der Waals surface area contributed by atoms with E-state index in [0.717, 1.165) is 33.8 Å². The smallest absolute Gasteiger partial charge is 0.133 e. The third-order valence-electron chi connectivity index (χ3n) is 2.74. The number of benzene rings is 2. The first-order valence-corrected chi connectivity index (χ1v) is 7.36. The highest BCUT2D eigenvalue weighted by Crippen LogP contribution is 2.30. The van der Waals surface area contributed by atoms with Crippen molar-refractivity contribution in [2.45, 2.75) is 13.5 Å². The van der Waals surface area contributed by atoms with Gasteiger partial charge in [0.1, 0.15) is 17.2 Å². The average molecular weight is 336 g/mol. The van der Waals surface area contributed by atoms with Crippen molar-refractivity contribution in [3.63, 3.8) is 0 Å². The quantitative estimate of drug-likeness (QED) is 0.850. The Morgan fingerprint density at radius 3 is 2.65 bits per heavy atom. The zero-order valence-corrected chi connectivity index (χ0v) is 13.2. The van der Waals surface area contributed by atoms with E-state index < -0.39 is 0 Å². The van der Waals surface area contributed by atoms with Gasteiger partial charge in [0, 0.05) is 22.6 Å². The molecule has 0 fully saturated rings. The van der Waals surface area contributed by atoms with Crippen LogP contribution in [-0.4, -0.2) is 13.7 Å². The molecule has 0 aliphatic carbocycles. The zero-order chi connectivity index (χ0) is 14.4. The lowest BCUT2D eigenvalue weighted by molar-refractivity contribution is 0.338. The van der Waals surface area contributed by atoms with Crippen molar-refractivity contribution in [1.82, 2.24) is 5.32 Å². The van der Waals surface area contributed by atoms with Crippen molar-refractivity contribution in [1.29, 1.82) is 0 Å². The highest BCUT2D eigenvalue weighted by Gasteiger charge is 2.06. The van der Waals surface area contributed by atoms with E-state index in [1.807, 2.05) is 56.4 Å². The Hall–Kier alpha value is -1.52. The fourth-order valence-corrected chi connectivity index (χ4v) is 2.22. The van der Waals surface area contributed by atoms with Gasteiger partial charge in [-0.1, -0.05) is 28.1 Å². The fraction of sp³-hybridized carbons (Fsp3) is 0.250. The monoisotopic (exact) mass is 335 g/mol. The van der Waals surface area contributed by atoms with E-state index in [9.17, 15) is 0 Å². The first-order chi connectivity index (χ1) is 9.72. The van der Waals surface area contributed by atoms with Crippen LogP contribution in [0.1, 0.15) is 12.5 Å². The first kappa shape index (κ1) is 14.9. The molecule has 20 heavy (non-hydrogen) atoms. The Morgan fingerprint density at radius 1 is 1.10 bits per heavy atom. The van der Waals surface area contributed by atoms with Gasteiger partial charge in [-0.25, -0.2) is 0 Å². The number of ether oxygens (including phenoxy) is 2. The molecule has 0 atom stereocenters. The molecule has 0 bridgehead atoms. The minimum Gasteiger partial charge on any atom is -0.494 e. The molecular weight excluding hydrogens is 318 g/mol. The summed E-state index contributed by atoms with van der Waals surface area (Å²) in [5, 5.41) is 3.14. The molecule has 0 aliphatic heterocycles. The van der Waals surface area contributed by atoms with Crippen molar-refractivity contribution in [3.8, 4) is 17.2 Å². The van der Waals surface area contributed by atoms with E-state index in [-0.39, 0.29) is 0 Å². The van der Waals surface area contributed by atoms with Crippen molar-refractivity contribution in [2.75, 3.05) is 13.7 Å². The molecule has 0 spiro atoms. The van der Waals surface area contributed by atoms with Crippen molar-refractivity contribution < 1.29 is 9.47 Å². The van der Waals surface area contributed by atoms with Crippen LogP contribution in [0.3, 0.4) is 0 Å². The number of halogens is 1. The summed E-state index contributed by atoms with van der Waals surface area (Å²) in [7, 11) is 1.92. The summed E-state index contributed by atoms with van der Waals surface area (Å²) < 4.78 is 12.5. The Balaban J connectivity index is 2.24. The van der Waals surface area contributed by atoms with Gasteiger partial charge in [-0.05, 0) is 38.2 Å². The molecule has 2 aromatic rings. The van der Waals surface area contributed by atoms with E-state index >= 15 is 0 Å². The second kappa shape index (κ2) is 7.31. The van der Waals surface area contributed by atoms with Crippen LogP contribution in [0, 0.1) is 0 Å². The highest BCUT2D eigenvalue weighted by molar-refractivity contribution is 9.10. The van der Waals surface area contributed by atoms with E-state index in [1.54, 1.807) is 0 Å². The largest absolute Gasteiger partial charge is 0.494 e. The number of hydrogen-bond acceptors (Lipinski definition) is 3. The predicted octanol–water partition coefficient (Wildman–Crippen LogP) is 4.36. The predicted molar refractivity (Wildman–Crippen MR) is 84.6 cm³/mol. The van der Waals surface area contributed by atoms with Gasteiger partial charge in [0.2, 0.25) is 0 Å². The molecule has 0 saturated carbocycles. The number of rotatable bonds is 6. The molecule has 1 N–H and O–H groups in total. The van der Waals surface area contributed by atoms with Crippen molar-refractivity contribution in [2.24, 2.45) is 0 Å². The summed E-state index contributed by atoms with van der Waals surface area (Å²) in [5.74, 6) is 2.42. The van der Waals surface area contributed by atoms with E-state index in [2.05, 4.69) is 21.2 Å². The van der Waals surface area contributed by atoms with Crippen LogP contribution in [0.25, 0.3) is 0 Å². The lowest BCUT2D eigenvalue weighted by Crippen LogP contribution is -2.06. The summed E-state index contributed by atoms with van der Waals surface area (Å²) >= 11 is 3.48. The molecule has 0 heterocycles. The molecule has 4 heteroatoms. The fourth-order valence-electron chi connectivity index (χ4n) is 1.88. The molecule has 2 rings (SSSR count). The van der Waals surface area contributed by atoms with Gasteiger partial charge in [0.15, 0.2) is 0 Å². The molecule has 0 aromatic heterocycles. The maximum atomic E-state index is 5.98. The summed E-state index contributed by atoms with van der Waals surface area (Å²) in [5.41, 5.74) is 1.11. The molecule has 0 unspecified atom stereocenters. The number of hydrogen-bond donors (Lipinski definition) is 1. The molecule has 0 aliphatic rings. The van der Waals surface area contributed by atoms with E-state index in [1.165, 1.54) is 0 Å². The van der Waals surface area contributed by atoms with Gasteiger partial charge >= 0.3 is 0 Å². The zero-order valence-electron chi connectivity index (χ0n) is 11.7. The Bertz CT molecular complexity index is 572. The van der Waals surface area contributed by atoms with Gasteiger partial charge < -0.3 is 14.8 Å². The maximum Gasteiger partial charge on any atom is 0.133 e. The second-order valence-electron chi connectivity index (χ2n) is 4.29. The molecule has 0 saturated heterocycles. The lowest BCUT2D eigenvalue weighted by atomic mass is 10.2. The first-order valence-electron chi connectivity index (χ1n) is 6.56. The normalized spacial score (nSPS) is 10.3. The Labute approximate surface area is 128 Å². The van der Waals surface area contributed by atoms with Crippen LogP contribution in [0.2, 0.25) is 0 Å². The van der Waals surface area contributed by atoms with E-state index in [4.69, 9.17) is 9.47 Å². The van der Waals surface area contributed by atoms with Crippen LogP contribution in [0.15, 0.2) is 46.9 Å². The van der Waals surface area contributed by atoms with E-state index in [0.29, 0.717) is 6.61 Å². The summed E-state index contributed by atoms with van der Waals surface area (Å²) in [6.07, 6.45) is 0. The topological polar surface area (TPSA) is 30.5 Å². The standard InChI is InChI=1S/C16H18BrNO2/c1-3-19-14-5-4-6-15(10-14)20-16-9-13(17)8-7-12(16)11-18-2/h4-10,18H,3,11H2,1-2H3. The van der Waals surface area contributed by atoms with Crippen molar-refractivity contribution in [3.05, 3.63) is 52.5 Å². The molecule has 2 aromatic carbocycles. The SMILES string of the molecule is CCOc1cccc(Oc2cc(Br)ccc2CNC)c1. The lowest BCUT2D eigenvalue weighted by Gasteiger charge is -2.12. The Morgan fingerprint density at radius 2 is 1.90 bits per heavy atom. The Kier molecular flexibility index (Phi) is 5.44. The van der Waals surface area contributed by atoms with Gasteiger partial charge in [0.25, 0.3) is 0 Å². The molecule has 3 nitrogen and oxygen atoms in total. The van der Waals surface area contributed by atoms with Gasteiger partial charge in [0.05, 0.1) is 6.61 Å². The van der Waals surface area contributed by atoms with Crippen LogP contribution < -0.4 is 14.8 Å². The highest BCUT2D eigenvalue weighted by atomic mass is 79.9. The van der Waals surface area contributed by atoms with Gasteiger partial charge in [-0.3, -0.25) is 0 Å². The van der Waals surface area contributed by atoms with Crippen LogP contribution in [0.5, 0.6) is 17.2 Å². The molecular formula is C16H18BrNO2. The second-order valence-corrected chi connectivity index (χ2v) is 5.21. The number of nitrogens with one attached hydrogen (secondary N) is 1. The van der Waals surface area contributed by atoms with Crippen LogP contribution in [0.4, 0.5) is 0 Å². The van der Waals surface area contributed by atoms with Crippen LogP contribution >= 0.6 is 15.9 Å². The summed E-state index contributed by atoms with van der Waals surface area (Å²) in [4.78, 5) is 0. The van der Waals surface area contributed by atoms with Gasteiger partial charge in [-0.2, -0.15) is 0 Å². The molecule has 106 valence electrons. The maximum absolute atomic E-state index is 5.98. The minimum atomic E-state index is 0.644. The van der Waals surface area contributed by atoms with Crippen LogP contribution in [-0.2, 0) is 6.54 Å². The third-order valence-corrected chi connectivity index (χ3v) is 3.23. The average Bonchev–Trinajstić information content (AvgIpc) is 2.43. The summed E-state index contributed by atoms with van der Waals surface area (Å²) in [6, 6.07) is 13.7. The minimum absolute atomic E-state index is 0.644. The van der Waals surface area contributed by atoms with Crippen molar-refractivity contribution >= 4 is 15.9 Å².